The molecule has 1 aromatic rings. The summed E-state index contributed by atoms with van der Waals surface area (Å²) in [6.07, 6.45) is 0.256. The number of nitro groups is 1. The molecule has 1 aromatic carbocycles. The minimum Gasteiger partial charge on any atom is -0.484 e. The highest BCUT2D eigenvalue weighted by Gasteiger charge is 2.17. The molecule has 0 atom stereocenters. The molecule has 0 radical (unpaired) electrons. The van der Waals surface area contributed by atoms with Crippen molar-refractivity contribution < 1.29 is 9.66 Å². The highest BCUT2D eigenvalue weighted by molar-refractivity contribution is 5.59. The summed E-state index contributed by atoms with van der Waals surface area (Å²) >= 11 is 0. The van der Waals surface area contributed by atoms with Gasteiger partial charge in [-0.05, 0) is 19.9 Å². The maximum Gasteiger partial charge on any atom is 0.311 e. The predicted octanol–water partition coefficient (Wildman–Crippen LogP) is 2.73. The quantitative estimate of drug-likeness (QED) is 0.582. The van der Waals surface area contributed by atoms with Gasteiger partial charge in [-0.3, -0.25) is 10.1 Å². The Morgan fingerprint density at radius 3 is 2.74 bits per heavy atom. The molecule has 0 aliphatic carbocycles. The normalized spacial score (nSPS) is 10.1. The van der Waals surface area contributed by atoms with Gasteiger partial charge < -0.3 is 9.64 Å². The summed E-state index contributed by atoms with van der Waals surface area (Å²) in [5.41, 5.74) is 0.739. The van der Waals surface area contributed by atoms with Crippen molar-refractivity contribution in [2.24, 2.45) is 0 Å². The summed E-state index contributed by atoms with van der Waals surface area (Å²) < 4.78 is 5.47. The average molecular weight is 263 g/mol. The second-order valence-electron chi connectivity index (χ2n) is 4.41. The van der Waals surface area contributed by atoms with Crippen LogP contribution in [-0.2, 0) is 0 Å². The third-order valence-corrected chi connectivity index (χ3v) is 2.50. The summed E-state index contributed by atoms with van der Waals surface area (Å²) in [6.45, 7) is 4.20. The van der Waals surface area contributed by atoms with Crippen LogP contribution in [0.15, 0.2) is 18.2 Å². The SMILES string of the molecule is CC(C)Oc1cc(N(C)CCC#N)ccc1[N+](=O)[O-]. The molecule has 0 heterocycles. The number of nitrogens with zero attached hydrogens (tertiary/aromatic N) is 3. The van der Waals surface area contributed by atoms with Crippen molar-refractivity contribution in [2.75, 3.05) is 18.5 Å². The van der Waals surface area contributed by atoms with Crippen LogP contribution in [0, 0.1) is 21.4 Å². The lowest BCUT2D eigenvalue weighted by Crippen LogP contribution is -2.18. The number of benzene rings is 1. The Balaban J connectivity index is 3.04. The molecule has 0 spiro atoms. The molecule has 0 aliphatic heterocycles. The van der Waals surface area contributed by atoms with Crippen molar-refractivity contribution in [3.05, 3.63) is 28.3 Å². The van der Waals surface area contributed by atoms with E-state index in [1.54, 1.807) is 12.1 Å². The topological polar surface area (TPSA) is 79.4 Å². The van der Waals surface area contributed by atoms with Crippen LogP contribution in [0.4, 0.5) is 11.4 Å². The number of rotatable bonds is 6. The minimum atomic E-state index is -0.462. The molecule has 0 unspecified atom stereocenters. The fourth-order valence-electron chi connectivity index (χ4n) is 1.59. The maximum absolute atomic E-state index is 10.9. The smallest absolute Gasteiger partial charge is 0.311 e. The number of anilines is 1. The van der Waals surface area contributed by atoms with E-state index >= 15 is 0 Å². The Morgan fingerprint density at radius 2 is 2.21 bits per heavy atom. The van der Waals surface area contributed by atoms with Crippen LogP contribution in [0.1, 0.15) is 20.3 Å². The van der Waals surface area contributed by atoms with E-state index in [1.807, 2.05) is 25.8 Å². The third-order valence-electron chi connectivity index (χ3n) is 2.50. The summed E-state index contributed by atoms with van der Waals surface area (Å²) in [5, 5.41) is 19.5. The Morgan fingerprint density at radius 1 is 1.53 bits per heavy atom. The van der Waals surface area contributed by atoms with Crippen molar-refractivity contribution in [1.82, 2.24) is 0 Å². The van der Waals surface area contributed by atoms with Gasteiger partial charge in [0, 0.05) is 31.4 Å². The van der Waals surface area contributed by atoms with Gasteiger partial charge in [-0.25, -0.2) is 0 Å². The van der Waals surface area contributed by atoms with Crippen LogP contribution >= 0.6 is 0 Å². The zero-order chi connectivity index (χ0) is 14.4. The molecule has 0 N–H and O–H groups in total. The van der Waals surface area contributed by atoms with Crippen molar-refractivity contribution in [3.8, 4) is 11.8 Å². The van der Waals surface area contributed by atoms with Gasteiger partial charge in [-0.1, -0.05) is 0 Å². The molecule has 0 fully saturated rings. The van der Waals surface area contributed by atoms with E-state index in [2.05, 4.69) is 6.07 Å². The Bertz CT molecular complexity index is 494. The molecular weight excluding hydrogens is 246 g/mol. The van der Waals surface area contributed by atoms with Crippen LogP contribution in [0.2, 0.25) is 0 Å². The standard InChI is InChI=1S/C13H17N3O3/c1-10(2)19-13-9-11(15(3)8-4-7-14)5-6-12(13)16(17)18/h5-6,9-10H,4,8H2,1-3H3. The summed E-state index contributed by atoms with van der Waals surface area (Å²) in [6, 6.07) is 6.78. The average Bonchev–Trinajstić information content (AvgIpc) is 2.34. The fraction of sp³-hybridized carbons (Fsp3) is 0.462. The van der Waals surface area contributed by atoms with Crippen LogP contribution in [-0.4, -0.2) is 24.6 Å². The second-order valence-corrected chi connectivity index (χ2v) is 4.41. The zero-order valence-corrected chi connectivity index (χ0v) is 11.3. The molecule has 0 bridgehead atoms. The molecule has 0 saturated heterocycles. The molecule has 1 rings (SSSR count). The van der Waals surface area contributed by atoms with Gasteiger partial charge in [0.1, 0.15) is 0 Å². The number of nitriles is 1. The van der Waals surface area contributed by atoms with Crippen LogP contribution in [0.3, 0.4) is 0 Å². The van der Waals surface area contributed by atoms with Crippen molar-refractivity contribution in [3.63, 3.8) is 0 Å². The van der Waals surface area contributed by atoms with Crippen molar-refractivity contribution in [2.45, 2.75) is 26.4 Å². The van der Waals surface area contributed by atoms with E-state index in [-0.39, 0.29) is 17.5 Å². The van der Waals surface area contributed by atoms with E-state index in [4.69, 9.17) is 10.00 Å². The lowest BCUT2D eigenvalue weighted by atomic mass is 10.2. The first-order valence-electron chi connectivity index (χ1n) is 5.99. The van der Waals surface area contributed by atoms with Gasteiger partial charge in [0.15, 0.2) is 5.75 Å². The molecule has 0 aromatic heterocycles. The van der Waals surface area contributed by atoms with E-state index in [1.165, 1.54) is 6.07 Å². The van der Waals surface area contributed by atoms with Crippen molar-refractivity contribution >= 4 is 11.4 Å². The Hall–Kier alpha value is -2.29. The van der Waals surface area contributed by atoms with E-state index in [0.29, 0.717) is 13.0 Å². The summed E-state index contributed by atoms with van der Waals surface area (Å²) in [5.74, 6) is 0.251. The highest BCUT2D eigenvalue weighted by Crippen LogP contribution is 2.32. The van der Waals surface area contributed by atoms with Crippen molar-refractivity contribution in [1.29, 1.82) is 5.26 Å². The van der Waals surface area contributed by atoms with Crippen LogP contribution in [0.5, 0.6) is 5.75 Å². The van der Waals surface area contributed by atoms with Gasteiger partial charge in [0.05, 0.1) is 23.5 Å². The molecule has 19 heavy (non-hydrogen) atoms. The minimum absolute atomic E-state index is 0.0499. The number of nitro benzene ring substituents is 1. The number of ether oxygens (including phenoxy) is 1. The molecule has 6 heteroatoms. The van der Waals surface area contributed by atoms with Gasteiger partial charge in [-0.15, -0.1) is 0 Å². The maximum atomic E-state index is 10.9. The van der Waals surface area contributed by atoms with Gasteiger partial charge >= 0.3 is 5.69 Å². The first kappa shape index (κ1) is 14.8. The third kappa shape index (κ3) is 4.14. The fourth-order valence-corrected chi connectivity index (χ4v) is 1.59. The Labute approximate surface area is 112 Å². The predicted molar refractivity (Wildman–Crippen MR) is 72.4 cm³/mol. The van der Waals surface area contributed by atoms with Crippen LogP contribution < -0.4 is 9.64 Å². The second kappa shape index (κ2) is 6.59. The summed E-state index contributed by atoms with van der Waals surface area (Å²) in [7, 11) is 1.83. The van der Waals surface area contributed by atoms with E-state index in [9.17, 15) is 10.1 Å². The zero-order valence-electron chi connectivity index (χ0n) is 11.3. The molecule has 0 saturated carbocycles. The molecule has 0 amide bonds. The van der Waals surface area contributed by atoms with Crippen LogP contribution in [0.25, 0.3) is 0 Å². The first-order valence-corrected chi connectivity index (χ1v) is 5.99. The monoisotopic (exact) mass is 263 g/mol. The Kier molecular flexibility index (Phi) is 5.12. The molecule has 0 aliphatic rings. The highest BCUT2D eigenvalue weighted by atomic mass is 16.6. The first-order chi connectivity index (χ1) is 8.95. The van der Waals surface area contributed by atoms with E-state index in [0.717, 1.165) is 5.69 Å². The molecular formula is C13H17N3O3. The number of hydrogen-bond donors (Lipinski definition) is 0. The van der Waals surface area contributed by atoms with E-state index < -0.39 is 4.92 Å². The lowest BCUT2D eigenvalue weighted by molar-refractivity contribution is -0.386. The van der Waals surface area contributed by atoms with Gasteiger partial charge in [-0.2, -0.15) is 5.26 Å². The molecule has 102 valence electrons. The summed E-state index contributed by atoms with van der Waals surface area (Å²) in [4.78, 5) is 12.3. The largest absolute Gasteiger partial charge is 0.484 e. The molecule has 6 nitrogen and oxygen atoms in total. The lowest BCUT2D eigenvalue weighted by Gasteiger charge is -2.19. The number of hydrogen-bond acceptors (Lipinski definition) is 5. The van der Waals surface area contributed by atoms with Gasteiger partial charge in [0.25, 0.3) is 0 Å². The van der Waals surface area contributed by atoms with Gasteiger partial charge in [0.2, 0.25) is 0 Å².